The van der Waals surface area contributed by atoms with Crippen LogP contribution >= 0.6 is 11.3 Å². The number of fused-ring (bicyclic) bond motifs is 1. The lowest BCUT2D eigenvalue weighted by Crippen LogP contribution is -2.48. The average Bonchev–Trinajstić information content (AvgIpc) is 3.35. The Hall–Kier alpha value is -3.56. The van der Waals surface area contributed by atoms with Crippen LogP contribution in [0, 0.1) is 0 Å². The Morgan fingerprint density at radius 3 is 2.53 bits per heavy atom. The molecule has 1 aliphatic rings. The molecule has 1 amide bonds. The number of aromatic nitrogens is 3. The largest absolute Gasteiger partial charge is 0.497 e. The van der Waals surface area contributed by atoms with Crippen molar-refractivity contribution >= 4 is 28.0 Å². The Labute approximate surface area is 200 Å². The number of rotatable bonds is 6. The summed E-state index contributed by atoms with van der Waals surface area (Å²) in [6, 6.07) is 15.2. The number of thiazole rings is 1. The molecule has 0 unspecified atom stereocenters. The molecule has 8 nitrogen and oxygen atoms in total. The fourth-order valence-corrected chi connectivity index (χ4v) is 5.01. The Morgan fingerprint density at radius 1 is 1.06 bits per heavy atom. The van der Waals surface area contributed by atoms with E-state index in [0.717, 1.165) is 47.0 Å². The van der Waals surface area contributed by atoms with Crippen LogP contribution < -0.4 is 10.3 Å². The van der Waals surface area contributed by atoms with Crippen LogP contribution in [0.25, 0.3) is 21.3 Å². The molecule has 0 saturated carbocycles. The number of hydrogen-bond acceptors (Lipinski definition) is 7. The summed E-state index contributed by atoms with van der Waals surface area (Å²) in [5.41, 5.74) is 2.49. The molecule has 34 heavy (non-hydrogen) atoms. The minimum atomic E-state index is -0.238. The second kappa shape index (κ2) is 9.74. The van der Waals surface area contributed by atoms with Crippen LogP contribution in [0.3, 0.4) is 0 Å². The lowest BCUT2D eigenvalue weighted by Gasteiger charge is -2.34. The van der Waals surface area contributed by atoms with Crippen LogP contribution in [0.4, 0.5) is 0 Å². The molecule has 1 aliphatic heterocycles. The van der Waals surface area contributed by atoms with Gasteiger partial charge in [-0.2, -0.15) is 5.10 Å². The quantitative estimate of drug-likeness (QED) is 0.461. The predicted octanol–water partition coefficient (Wildman–Crippen LogP) is 2.94. The summed E-state index contributed by atoms with van der Waals surface area (Å²) in [5, 5.41) is 11.0. The highest BCUT2D eigenvalue weighted by Crippen LogP contribution is 2.26. The molecule has 4 aromatic rings. The molecule has 0 spiro atoms. The number of H-pyrrole nitrogens is 1. The normalized spacial score (nSPS) is 14.4. The van der Waals surface area contributed by atoms with Crippen molar-refractivity contribution in [2.45, 2.75) is 13.0 Å². The van der Waals surface area contributed by atoms with Gasteiger partial charge >= 0.3 is 0 Å². The van der Waals surface area contributed by atoms with E-state index in [1.54, 1.807) is 24.5 Å². The van der Waals surface area contributed by atoms with Crippen LogP contribution in [0.5, 0.6) is 5.75 Å². The highest BCUT2D eigenvalue weighted by molar-refractivity contribution is 7.13. The van der Waals surface area contributed by atoms with Gasteiger partial charge in [0.25, 0.3) is 5.56 Å². The number of benzene rings is 2. The number of carbonyl (C=O) groups is 1. The summed E-state index contributed by atoms with van der Waals surface area (Å²) >= 11 is 1.64. The van der Waals surface area contributed by atoms with Gasteiger partial charge in [-0.05, 0) is 30.3 Å². The van der Waals surface area contributed by atoms with Gasteiger partial charge in [0.1, 0.15) is 10.8 Å². The summed E-state index contributed by atoms with van der Waals surface area (Å²) < 4.78 is 5.22. The van der Waals surface area contributed by atoms with Crippen molar-refractivity contribution in [3.63, 3.8) is 0 Å². The number of piperazine rings is 1. The van der Waals surface area contributed by atoms with Gasteiger partial charge in [-0.25, -0.2) is 10.1 Å². The molecule has 2 aromatic carbocycles. The van der Waals surface area contributed by atoms with E-state index in [4.69, 9.17) is 9.72 Å². The molecule has 9 heteroatoms. The number of amides is 1. The van der Waals surface area contributed by atoms with Crippen LogP contribution in [0.15, 0.2) is 58.7 Å². The molecule has 0 atom stereocenters. The first kappa shape index (κ1) is 22.2. The van der Waals surface area contributed by atoms with Crippen molar-refractivity contribution in [2.75, 3.05) is 33.3 Å². The third-order valence-electron chi connectivity index (χ3n) is 6.09. The Bertz CT molecular complexity index is 1360. The summed E-state index contributed by atoms with van der Waals surface area (Å²) in [4.78, 5) is 33.9. The standard InChI is InChI=1S/C25H25N5O3S/c1-33-19-8-6-17(7-9-19)25-26-18(16-34-25)15-29-10-12-30(13-11-29)23(31)14-22-20-4-2-3-5-21(20)24(32)28-27-22/h2-9,16H,10-15H2,1H3,(H,28,32). The Balaban J connectivity index is 1.17. The Kier molecular flexibility index (Phi) is 6.37. The molecule has 1 N–H and O–H groups in total. The van der Waals surface area contributed by atoms with Crippen molar-refractivity contribution in [1.29, 1.82) is 0 Å². The number of methoxy groups -OCH3 is 1. The third kappa shape index (κ3) is 4.71. The van der Waals surface area contributed by atoms with Gasteiger partial charge in [0.05, 0.1) is 30.3 Å². The average molecular weight is 476 g/mol. The lowest BCUT2D eigenvalue weighted by molar-refractivity contribution is -0.132. The maximum Gasteiger partial charge on any atom is 0.272 e. The van der Waals surface area contributed by atoms with E-state index in [1.807, 2.05) is 47.4 Å². The summed E-state index contributed by atoms with van der Waals surface area (Å²) in [6.45, 7) is 3.67. The first-order valence-electron chi connectivity index (χ1n) is 11.2. The lowest BCUT2D eigenvalue weighted by atomic mass is 10.1. The molecule has 1 saturated heterocycles. The van der Waals surface area contributed by atoms with Gasteiger partial charge in [0.15, 0.2) is 0 Å². The van der Waals surface area contributed by atoms with Crippen molar-refractivity contribution in [3.05, 3.63) is 75.7 Å². The molecular weight excluding hydrogens is 450 g/mol. The van der Waals surface area contributed by atoms with Gasteiger partial charge in [-0.15, -0.1) is 11.3 Å². The monoisotopic (exact) mass is 475 g/mol. The van der Waals surface area contributed by atoms with Crippen LogP contribution in [0.2, 0.25) is 0 Å². The van der Waals surface area contributed by atoms with E-state index in [2.05, 4.69) is 20.5 Å². The van der Waals surface area contributed by atoms with Gasteiger partial charge in [0, 0.05) is 49.1 Å². The second-order valence-electron chi connectivity index (χ2n) is 8.25. The minimum Gasteiger partial charge on any atom is -0.497 e. The van der Waals surface area contributed by atoms with E-state index < -0.39 is 0 Å². The van der Waals surface area contributed by atoms with Gasteiger partial charge in [0.2, 0.25) is 5.91 Å². The van der Waals surface area contributed by atoms with Crippen LogP contribution in [-0.2, 0) is 17.8 Å². The molecule has 0 aliphatic carbocycles. The first-order chi connectivity index (χ1) is 16.6. The van der Waals surface area contributed by atoms with Crippen molar-refractivity contribution in [3.8, 4) is 16.3 Å². The molecule has 2 aromatic heterocycles. The first-order valence-corrected chi connectivity index (χ1v) is 12.0. The maximum atomic E-state index is 12.9. The smallest absolute Gasteiger partial charge is 0.272 e. The molecule has 0 bridgehead atoms. The maximum absolute atomic E-state index is 12.9. The number of aromatic amines is 1. The van der Waals surface area contributed by atoms with Crippen molar-refractivity contribution in [1.82, 2.24) is 25.0 Å². The zero-order valence-electron chi connectivity index (χ0n) is 18.9. The summed E-state index contributed by atoms with van der Waals surface area (Å²) in [5.74, 6) is 0.859. The number of ether oxygens (including phenoxy) is 1. The molecule has 0 radical (unpaired) electrons. The minimum absolute atomic E-state index is 0.0276. The number of nitrogens with zero attached hydrogens (tertiary/aromatic N) is 4. The predicted molar refractivity (Wildman–Crippen MR) is 132 cm³/mol. The fourth-order valence-electron chi connectivity index (χ4n) is 4.19. The molecule has 174 valence electrons. The molecule has 1 fully saturated rings. The van der Waals surface area contributed by atoms with E-state index in [-0.39, 0.29) is 17.9 Å². The highest BCUT2D eigenvalue weighted by atomic mass is 32.1. The van der Waals surface area contributed by atoms with Gasteiger partial charge in [-0.1, -0.05) is 18.2 Å². The fraction of sp³-hybridized carbons (Fsp3) is 0.280. The van der Waals surface area contributed by atoms with Crippen LogP contribution in [0.1, 0.15) is 11.4 Å². The van der Waals surface area contributed by atoms with E-state index in [9.17, 15) is 9.59 Å². The van der Waals surface area contributed by atoms with E-state index in [1.165, 1.54) is 0 Å². The van der Waals surface area contributed by atoms with Crippen LogP contribution in [-0.4, -0.2) is 64.2 Å². The zero-order valence-corrected chi connectivity index (χ0v) is 19.7. The molecule has 3 heterocycles. The second-order valence-corrected chi connectivity index (χ2v) is 9.11. The zero-order chi connectivity index (χ0) is 23.5. The Morgan fingerprint density at radius 2 is 1.79 bits per heavy atom. The van der Waals surface area contributed by atoms with Crippen molar-refractivity contribution in [2.24, 2.45) is 0 Å². The van der Waals surface area contributed by atoms with E-state index >= 15 is 0 Å². The number of hydrogen-bond donors (Lipinski definition) is 1. The molecular formula is C25H25N5O3S. The SMILES string of the molecule is COc1ccc(-c2nc(CN3CCN(C(=O)Cc4n[nH]c(=O)c5ccccc45)CC3)cs2)cc1. The van der Waals surface area contributed by atoms with E-state index in [0.29, 0.717) is 24.2 Å². The molecule has 5 rings (SSSR count). The van der Waals surface area contributed by atoms with Gasteiger partial charge in [-0.3, -0.25) is 14.5 Å². The highest BCUT2D eigenvalue weighted by Gasteiger charge is 2.23. The van der Waals surface area contributed by atoms with Crippen molar-refractivity contribution < 1.29 is 9.53 Å². The third-order valence-corrected chi connectivity index (χ3v) is 7.03. The summed E-state index contributed by atoms with van der Waals surface area (Å²) in [6.07, 6.45) is 0.175. The topological polar surface area (TPSA) is 91.4 Å². The van der Waals surface area contributed by atoms with Gasteiger partial charge < -0.3 is 9.64 Å². The number of carbonyl (C=O) groups excluding carboxylic acids is 1. The summed E-state index contributed by atoms with van der Waals surface area (Å²) in [7, 11) is 1.66. The number of nitrogens with one attached hydrogen (secondary N) is 1.